The fourth-order valence-electron chi connectivity index (χ4n) is 1.06. The van der Waals surface area contributed by atoms with Gasteiger partial charge in [-0.2, -0.15) is 0 Å². The van der Waals surface area contributed by atoms with E-state index >= 15 is 0 Å². The van der Waals surface area contributed by atoms with E-state index in [-0.39, 0.29) is 5.91 Å². The third kappa shape index (κ3) is 3.79. The van der Waals surface area contributed by atoms with Gasteiger partial charge >= 0.3 is 0 Å². The van der Waals surface area contributed by atoms with E-state index in [2.05, 4.69) is 27.9 Å². The Balaban J connectivity index is 2.75. The second-order valence-corrected chi connectivity index (χ2v) is 5.13. The second-order valence-electron chi connectivity index (χ2n) is 3.98. The first kappa shape index (κ1) is 13.5. The molecule has 0 unspecified atom stereocenters. The maximum Gasteiger partial charge on any atom is 0.233 e. The summed E-state index contributed by atoms with van der Waals surface area (Å²) in [5, 5.41) is 3.50. The summed E-state index contributed by atoms with van der Waals surface area (Å²) >= 11 is 7.87. The van der Waals surface area contributed by atoms with Crippen LogP contribution < -0.4 is 5.32 Å². The number of benzene rings is 1. The predicted octanol–water partition coefficient (Wildman–Crippen LogP) is 4.25. The first-order chi connectivity index (χ1) is 7.45. The van der Waals surface area contributed by atoms with Gasteiger partial charge in [-0.3, -0.25) is 4.79 Å². The Hall–Kier alpha value is -0.550. The van der Waals surface area contributed by atoms with Crippen molar-refractivity contribution in [3.63, 3.8) is 0 Å². The molecule has 16 heavy (non-hydrogen) atoms. The lowest BCUT2D eigenvalue weighted by Crippen LogP contribution is -2.28. The minimum atomic E-state index is -0.513. The van der Waals surface area contributed by atoms with Crippen LogP contribution in [0.1, 0.15) is 13.8 Å². The molecule has 0 radical (unpaired) electrons. The minimum absolute atomic E-state index is 0.0391. The molecule has 2 nitrogen and oxygen atoms in total. The van der Waals surface area contributed by atoms with Gasteiger partial charge in [0.15, 0.2) is 0 Å². The Labute approximate surface area is 114 Å². The molecule has 1 rings (SSSR count). The van der Waals surface area contributed by atoms with Crippen molar-refractivity contribution in [1.82, 2.24) is 0 Å². The molecule has 0 saturated heterocycles. The van der Waals surface area contributed by atoms with E-state index in [1.165, 1.54) is 0 Å². The average molecular weight is 350 g/mol. The molecule has 0 saturated carbocycles. The van der Waals surface area contributed by atoms with Crippen LogP contribution in [0.3, 0.4) is 0 Å². The quantitative estimate of drug-likeness (QED) is 0.812. The van der Waals surface area contributed by atoms with E-state index in [1.54, 1.807) is 24.3 Å². The lowest BCUT2D eigenvalue weighted by molar-refractivity contribution is -0.121. The summed E-state index contributed by atoms with van der Waals surface area (Å²) in [6.07, 6.45) is 1.86. The van der Waals surface area contributed by atoms with Crippen molar-refractivity contribution in [1.29, 1.82) is 0 Å². The van der Waals surface area contributed by atoms with E-state index < -0.39 is 5.41 Å². The summed E-state index contributed by atoms with van der Waals surface area (Å²) in [5.41, 5.74) is 0.241. The van der Waals surface area contributed by atoms with Crippen LogP contribution in [0.25, 0.3) is 0 Å². The molecular weight excluding hydrogens is 336 g/mol. The standard InChI is InChI=1S/C12H13ClINO/c1-12(2,7-8-14)11(16)15-10-5-3-9(13)4-6-10/h3-8H,1-2H3,(H,15,16)/b8-7+. The second kappa shape index (κ2) is 5.68. The summed E-state index contributed by atoms with van der Waals surface area (Å²) in [7, 11) is 0. The number of halogens is 2. The van der Waals surface area contributed by atoms with E-state index in [1.807, 2.05) is 24.0 Å². The Kier molecular flexibility index (Phi) is 4.80. The normalized spacial score (nSPS) is 11.8. The molecule has 0 aliphatic rings. The molecule has 1 N–H and O–H groups in total. The van der Waals surface area contributed by atoms with Crippen LogP contribution in [0.5, 0.6) is 0 Å². The van der Waals surface area contributed by atoms with Crippen molar-refractivity contribution in [2.24, 2.45) is 5.41 Å². The van der Waals surface area contributed by atoms with Gasteiger partial charge in [-0.05, 0) is 42.2 Å². The van der Waals surface area contributed by atoms with Gasteiger partial charge < -0.3 is 5.32 Å². The number of amides is 1. The molecule has 0 aliphatic heterocycles. The van der Waals surface area contributed by atoms with Crippen LogP contribution in [0.2, 0.25) is 5.02 Å². The molecular formula is C12H13ClINO. The van der Waals surface area contributed by atoms with Crippen molar-refractivity contribution in [2.75, 3.05) is 5.32 Å². The summed E-state index contributed by atoms with van der Waals surface area (Å²) in [6.45, 7) is 3.74. The SMILES string of the molecule is CC(C)(/C=C/I)C(=O)Nc1ccc(Cl)cc1. The molecule has 1 aromatic rings. The van der Waals surface area contributed by atoms with Crippen LogP contribution >= 0.6 is 34.2 Å². The number of anilines is 1. The van der Waals surface area contributed by atoms with Crippen LogP contribution in [0, 0.1) is 5.41 Å². The number of rotatable bonds is 3. The molecule has 86 valence electrons. The van der Waals surface area contributed by atoms with Crippen LogP contribution in [0.4, 0.5) is 5.69 Å². The zero-order chi connectivity index (χ0) is 12.2. The summed E-state index contributed by atoms with van der Waals surface area (Å²) in [5.74, 6) is -0.0391. The van der Waals surface area contributed by atoms with Gasteiger partial charge in [0.25, 0.3) is 0 Å². The maximum atomic E-state index is 11.9. The molecule has 1 aromatic carbocycles. The molecule has 0 atom stereocenters. The predicted molar refractivity (Wildman–Crippen MR) is 77.0 cm³/mol. The molecule has 1 amide bonds. The van der Waals surface area contributed by atoms with Gasteiger partial charge in [0.2, 0.25) is 5.91 Å². The van der Waals surface area contributed by atoms with E-state index in [0.717, 1.165) is 5.69 Å². The summed E-state index contributed by atoms with van der Waals surface area (Å²) in [6, 6.07) is 7.06. The summed E-state index contributed by atoms with van der Waals surface area (Å²) < 4.78 is 1.85. The van der Waals surface area contributed by atoms with Crippen molar-refractivity contribution in [3.05, 3.63) is 39.4 Å². The van der Waals surface area contributed by atoms with E-state index in [9.17, 15) is 4.79 Å². The number of hydrogen-bond acceptors (Lipinski definition) is 1. The fourth-order valence-corrected chi connectivity index (χ4v) is 2.08. The topological polar surface area (TPSA) is 29.1 Å². The van der Waals surface area contributed by atoms with E-state index in [4.69, 9.17) is 11.6 Å². The lowest BCUT2D eigenvalue weighted by atomic mass is 9.93. The third-order valence-corrected chi connectivity index (χ3v) is 2.78. The highest BCUT2D eigenvalue weighted by Crippen LogP contribution is 2.21. The number of carbonyl (C=O) groups excluding carboxylic acids is 1. The zero-order valence-corrected chi connectivity index (χ0v) is 12.0. The van der Waals surface area contributed by atoms with Crippen molar-refractivity contribution in [2.45, 2.75) is 13.8 Å². The third-order valence-electron chi connectivity index (χ3n) is 2.17. The summed E-state index contributed by atoms with van der Waals surface area (Å²) in [4.78, 5) is 11.9. The molecule has 0 bridgehead atoms. The molecule has 0 spiro atoms. The fraction of sp³-hybridized carbons (Fsp3) is 0.250. The highest BCUT2D eigenvalue weighted by molar-refractivity contribution is 14.1. The maximum absolute atomic E-state index is 11.9. The number of carbonyl (C=O) groups is 1. The molecule has 0 heterocycles. The van der Waals surface area contributed by atoms with Gasteiger partial charge in [-0.15, -0.1) is 0 Å². The van der Waals surface area contributed by atoms with Gasteiger partial charge in [0.05, 0.1) is 5.41 Å². The van der Waals surface area contributed by atoms with Crippen LogP contribution in [-0.4, -0.2) is 5.91 Å². The van der Waals surface area contributed by atoms with Gasteiger partial charge in [0.1, 0.15) is 0 Å². The molecule has 0 aromatic heterocycles. The zero-order valence-electron chi connectivity index (χ0n) is 9.13. The molecule has 0 aliphatic carbocycles. The largest absolute Gasteiger partial charge is 0.325 e. The Morgan fingerprint density at radius 3 is 2.44 bits per heavy atom. The van der Waals surface area contributed by atoms with E-state index in [0.29, 0.717) is 5.02 Å². The lowest BCUT2D eigenvalue weighted by Gasteiger charge is -2.19. The molecule has 0 fully saturated rings. The Morgan fingerprint density at radius 1 is 1.38 bits per heavy atom. The van der Waals surface area contributed by atoms with Crippen molar-refractivity contribution in [3.8, 4) is 0 Å². The smallest absolute Gasteiger partial charge is 0.233 e. The monoisotopic (exact) mass is 349 g/mol. The highest BCUT2D eigenvalue weighted by Gasteiger charge is 2.24. The number of nitrogens with one attached hydrogen (secondary N) is 1. The first-order valence-electron chi connectivity index (χ1n) is 4.80. The number of hydrogen-bond donors (Lipinski definition) is 1. The van der Waals surface area contributed by atoms with Gasteiger partial charge in [-0.25, -0.2) is 0 Å². The Bertz CT molecular complexity index is 398. The molecule has 4 heteroatoms. The van der Waals surface area contributed by atoms with Crippen molar-refractivity contribution < 1.29 is 4.79 Å². The minimum Gasteiger partial charge on any atom is -0.325 e. The van der Waals surface area contributed by atoms with Gasteiger partial charge in [0, 0.05) is 10.7 Å². The van der Waals surface area contributed by atoms with Crippen LogP contribution in [-0.2, 0) is 4.79 Å². The Morgan fingerprint density at radius 2 is 1.94 bits per heavy atom. The van der Waals surface area contributed by atoms with Crippen molar-refractivity contribution >= 4 is 45.8 Å². The average Bonchev–Trinajstić information content (AvgIpc) is 2.21. The highest BCUT2D eigenvalue weighted by atomic mass is 127. The van der Waals surface area contributed by atoms with Gasteiger partial charge in [-0.1, -0.05) is 40.3 Å². The van der Waals surface area contributed by atoms with Crippen LogP contribution in [0.15, 0.2) is 34.4 Å². The first-order valence-corrected chi connectivity index (χ1v) is 6.43.